The van der Waals surface area contributed by atoms with Gasteiger partial charge in [0.2, 0.25) is 5.91 Å². The van der Waals surface area contributed by atoms with Crippen molar-refractivity contribution in [2.24, 2.45) is 0 Å². The van der Waals surface area contributed by atoms with Crippen molar-refractivity contribution in [2.45, 2.75) is 36.2 Å². The van der Waals surface area contributed by atoms with Gasteiger partial charge in [0, 0.05) is 6.54 Å². The van der Waals surface area contributed by atoms with Crippen molar-refractivity contribution in [2.75, 3.05) is 11.1 Å². The third-order valence-corrected chi connectivity index (χ3v) is 8.23. The quantitative estimate of drug-likeness (QED) is 0.375. The van der Waals surface area contributed by atoms with E-state index in [0.29, 0.717) is 22.7 Å². The zero-order chi connectivity index (χ0) is 22.7. The summed E-state index contributed by atoms with van der Waals surface area (Å²) in [6, 6.07) is 14.4. The molecule has 1 amide bonds. The molecule has 0 aliphatic carbocycles. The van der Waals surface area contributed by atoms with E-state index in [2.05, 4.69) is 20.5 Å². The first-order valence-electron chi connectivity index (χ1n) is 9.85. The number of aryl methyl sites for hydroxylation is 1. The SMILES string of the molecule is CCn1c(CS(=O)(=O)c2ccc(C)cc2)nnc1SCC(=O)Nc1nc2ccccc2s1. The molecule has 11 heteroatoms. The molecular formula is C21H21N5O3S3. The Morgan fingerprint density at radius 3 is 2.59 bits per heavy atom. The number of benzene rings is 2. The zero-order valence-electron chi connectivity index (χ0n) is 17.5. The standard InChI is InChI=1S/C21H21N5O3S3/c1-3-26-18(13-32(28,29)15-10-8-14(2)9-11-15)24-25-21(26)30-12-19(27)23-20-22-16-6-4-5-7-17(16)31-20/h4-11H,3,12-13H2,1-2H3,(H,22,23,27). The van der Waals surface area contributed by atoms with Crippen molar-refractivity contribution >= 4 is 54.2 Å². The number of rotatable bonds is 8. The maximum atomic E-state index is 12.8. The van der Waals surface area contributed by atoms with Crippen molar-refractivity contribution in [1.82, 2.24) is 19.7 Å². The van der Waals surface area contributed by atoms with Crippen LogP contribution in [0.1, 0.15) is 18.3 Å². The Morgan fingerprint density at radius 2 is 1.88 bits per heavy atom. The maximum Gasteiger partial charge on any atom is 0.236 e. The molecule has 2 heterocycles. The van der Waals surface area contributed by atoms with Crippen LogP contribution in [-0.4, -0.2) is 39.8 Å². The second-order valence-electron chi connectivity index (χ2n) is 7.04. The molecule has 0 aliphatic rings. The number of fused-ring (bicyclic) bond motifs is 1. The van der Waals surface area contributed by atoms with Gasteiger partial charge in [-0.1, -0.05) is 52.9 Å². The Bertz CT molecular complexity index is 1330. The summed E-state index contributed by atoms with van der Waals surface area (Å²) in [5.41, 5.74) is 1.83. The molecule has 0 fully saturated rings. The van der Waals surface area contributed by atoms with Crippen LogP contribution >= 0.6 is 23.1 Å². The Kier molecular flexibility index (Phi) is 6.58. The molecule has 0 bridgehead atoms. The minimum Gasteiger partial charge on any atom is -0.305 e. The normalized spacial score (nSPS) is 11.7. The van der Waals surface area contributed by atoms with Gasteiger partial charge >= 0.3 is 0 Å². The van der Waals surface area contributed by atoms with E-state index in [9.17, 15) is 13.2 Å². The molecule has 0 spiro atoms. The van der Waals surface area contributed by atoms with E-state index < -0.39 is 9.84 Å². The number of anilines is 1. The van der Waals surface area contributed by atoms with Gasteiger partial charge in [-0.05, 0) is 38.1 Å². The number of carbonyl (C=O) groups is 1. The van der Waals surface area contributed by atoms with Crippen LogP contribution in [0.4, 0.5) is 5.13 Å². The van der Waals surface area contributed by atoms with Crippen molar-refractivity contribution in [3.8, 4) is 0 Å². The summed E-state index contributed by atoms with van der Waals surface area (Å²) in [5, 5.41) is 12.0. The minimum atomic E-state index is -3.55. The largest absolute Gasteiger partial charge is 0.305 e. The lowest BCUT2D eigenvalue weighted by atomic mass is 10.2. The lowest BCUT2D eigenvalue weighted by molar-refractivity contribution is -0.113. The number of hydrogen-bond donors (Lipinski definition) is 1. The molecule has 8 nitrogen and oxygen atoms in total. The van der Waals surface area contributed by atoms with Crippen molar-refractivity contribution in [1.29, 1.82) is 0 Å². The molecule has 0 atom stereocenters. The van der Waals surface area contributed by atoms with E-state index in [1.165, 1.54) is 23.1 Å². The fraction of sp³-hybridized carbons (Fsp3) is 0.238. The number of carbonyl (C=O) groups excluding carboxylic acids is 1. The second kappa shape index (κ2) is 9.39. The number of para-hydroxylation sites is 1. The van der Waals surface area contributed by atoms with Gasteiger partial charge in [0.15, 0.2) is 20.1 Å². The number of aromatic nitrogens is 4. The molecule has 0 saturated heterocycles. The zero-order valence-corrected chi connectivity index (χ0v) is 19.9. The molecule has 166 valence electrons. The van der Waals surface area contributed by atoms with Gasteiger partial charge in [0.05, 0.1) is 20.9 Å². The summed E-state index contributed by atoms with van der Waals surface area (Å²) < 4.78 is 28.3. The lowest BCUT2D eigenvalue weighted by Gasteiger charge is -2.08. The first kappa shape index (κ1) is 22.4. The van der Waals surface area contributed by atoms with Gasteiger partial charge < -0.3 is 9.88 Å². The number of thiazole rings is 1. The Hall–Kier alpha value is -2.76. The molecular weight excluding hydrogens is 466 g/mol. The van der Waals surface area contributed by atoms with Gasteiger partial charge in [-0.3, -0.25) is 4.79 Å². The average molecular weight is 488 g/mol. The van der Waals surface area contributed by atoms with Crippen LogP contribution in [0.2, 0.25) is 0 Å². The summed E-state index contributed by atoms with van der Waals surface area (Å²) in [5.74, 6) is -0.00981. The lowest BCUT2D eigenvalue weighted by Crippen LogP contribution is -2.15. The number of hydrogen-bond acceptors (Lipinski definition) is 8. The molecule has 0 aliphatic heterocycles. The Labute approximate surface area is 194 Å². The highest BCUT2D eigenvalue weighted by molar-refractivity contribution is 7.99. The number of nitrogens with zero attached hydrogens (tertiary/aromatic N) is 4. The molecule has 4 rings (SSSR count). The predicted molar refractivity (Wildman–Crippen MR) is 127 cm³/mol. The molecule has 0 unspecified atom stereocenters. The molecule has 2 aromatic heterocycles. The van der Waals surface area contributed by atoms with Crippen LogP contribution < -0.4 is 5.32 Å². The van der Waals surface area contributed by atoms with Crippen molar-refractivity contribution in [3.63, 3.8) is 0 Å². The smallest absolute Gasteiger partial charge is 0.236 e. The van der Waals surface area contributed by atoms with Crippen LogP contribution in [0.15, 0.2) is 58.6 Å². The van der Waals surface area contributed by atoms with Crippen molar-refractivity contribution in [3.05, 3.63) is 59.9 Å². The molecule has 2 aromatic carbocycles. The monoisotopic (exact) mass is 487 g/mol. The average Bonchev–Trinajstić information content (AvgIpc) is 3.34. The van der Waals surface area contributed by atoms with Gasteiger partial charge in [-0.25, -0.2) is 13.4 Å². The van der Waals surface area contributed by atoms with Crippen LogP contribution in [0.3, 0.4) is 0 Å². The first-order valence-corrected chi connectivity index (χ1v) is 13.3. The molecule has 1 N–H and O–H groups in total. The molecule has 4 aromatic rings. The van der Waals surface area contributed by atoms with E-state index in [1.807, 2.05) is 38.1 Å². The third kappa shape index (κ3) is 5.00. The topological polar surface area (TPSA) is 107 Å². The van der Waals surface area contributed by atoms with Crippen LogP contribution in [-0.2, 0) is 26.9 Å². The number of amides is 1. The maximum absolute atomic E-state index is 12.8. The summed E-state index contributed by atoms with van der Waals surface area (Å²) >= 11 is 2.62. The van der Waals surface area contributed by atoms with E-state index in [-0.39, 0.29) is 22.3 Å². The first-order chi connectivity index (χ1) is 15.4. The van der Waals surface area contributed by atoms with E-state index in [4.69, 9.17) is 0 Å². The molecule has 0 radical (unpaired) electrons. The van der Waals surface area contributed by atoms with Gasteiger partial charge in [0.25, 0.3) is 0 Å². The predicted octanol–water partition coefficient (Wildman–Crippen LogP) is 3.92. The third-order valence-electron chi connectivity index (χ3n) is 4.68. The summed E-state index contributed by atoms with van der Waals surface area (Å²) in [7, 11) is -3.55. The van der Waals surface area contributed by atoms with E-state index in [0.717, 1.165) is 15.8 Å². The fourth-order valence-electron chi connectivity index (χ4n) is 3.06. The Balaban J connectivity index is 1.42. The second-order valence-corrected chi connectivity index (χ2v) is 11.0. The van der Waals surface area contributed by atoms with Crippen LogP contribution in [0, 0.1) is 6.92 Å². The van der Waals surface area contributed by atoms with Gasteiger partial charge in [-0.15, -0.1) is 10.2 Å². The summed E-state index contributed by atoms with van der Waals surface area (Å²) in [6.07, 6.45) is 0. The highest BCUT2D eigenvalue weighted by Crippen LogP contribution is 2.26. The van der Waals surface area contributed by atoms with Gasteiger partial charge in [0.1, 0.15) is 11.6 Å². The molecule has 0 saturated carbocycles. The summed E-state index contributed by atoms with van der Waals surface area (Å²) in [6.45, 7) is 4.28. The van der Waals surface area contributed by atoms with Crippen molar-refractivity contribution < 1.29 is 13.2 Å². The Morgan fingerprint density at radius 1 is 1.12 bits per heavy atom. The highest BCUT2D eigenvalue weighted by atomic mass is 32.2. The van der Waals surface area contributed by atoms with E-state index in [1.54, 1.807) is 28.8 Å². The van der Waals surface area contributed by atoms with E-state index >= 15 is 0 Å². The highest BCUT2D eigenvalue weighted by Gasteiger charge is 2.21. The number of nitrogens with one attached hydrogen (secondary N) is 1. The van der Waals surface area contributed by atoms with Gasteiger partial charge in [-0.2, -0.15) is 0 Å². The summed E-state index contributed by atoms with van der Waals surface area (Å²) in [4.78, 5) is 17.0. The number of thioether (sulfide) groups is 1. The fourth-order valence-corrected chi connectivity index (χ4v) is 6.03. The minimum absolute atomic E-state index is 0.110. The van der Waals surface area contributed by atoms with Crippen LogP contribution in [0.5, 0.6) is 0 Å². The number of sulfone groups is 1. The molecule has 32 heavy (non-hydrogen) atoms. The van der Waals surface area contributed by atoms with Crippen LogP contribution in [0.25, 0.3) is 10.2 Å².